The van der Waals surface area contributed by atoms with Crippen LogP contribution >= 0.6 is 0 Å². The molecule has 0 saturated carbocycles. The number of amides is 1. The van der Waals surface area contributed by atoms with E-state index in [2.05, 4.69) is 4.99 Å². The van der Waals surface area contributed by atoms with Crippen molar-refractivity contribution in [3.05, 3.63) is 77.4 Å². The summed E-state index contributed by atoms with van der Waals surface area (Å²) in [6.07, 6.45) is 2.79. The van der Waals surface area contributed by atoms with Crippen LogP contribution in [0.2, 0.25) is 0 Å². The van der Waals surface area contributed by atoms with Gasteiger partial charge in [-0.15, -0.1) is 0 Å². The van der Waals surface area contributed by atoms with Gasteiger partial charge in [-0.05, 0) is 17.7 Å². The molecule has 0 unspecified atom stereocenters. The number of hydrogen-bond acceptors (Lipinski definition) is 2. The molecule has 4 N–H and O–H groups in total. The summed E-state index contributed by atoms with van der Waals surface area (Å²) in [6.45, 7) is 0. The Balaban J connectivity index is 2.20. The van der Waals surface area contributed by atoms with Crippen molar-refractivity contribution in [1.82, 2.24) is 0 Å². The number of nitrogens with two attached hydrogens (primary N) is 2. The molecule has 5 heteroatoms. The van der Waals surface area contributed by atoms with Gasteiger partial charge >= 0.3 is 0 Å². The van der Waals surface area contributed by atoms with Crippen LogP contribution < -0.4 is 11.5 Å². The van der Waals surface area contributed by atoms with Crippen molar-refractivity contribution >= 4 is 23.7 Å². The molecule has 0 radical (unpaired) electrons. The van der Waals surface area contributed by atoms with Crippen molar-refractivity contribution < 1.29 is 9.59 Å². The summed E-state index contributed by atoms with van der Waals surface area (Å²) in [5.74, 6) is -0.922. The van der Waals surface area contributed by atoms with Crippen LogP contribution in [-0.2, 0) is 4.79 Å². The van der Waals surface area contributed by atoms with Gasteiger partial charge in [-0.25, -0.2) is 0 Å². The van der Waals surface area contributed by atoms with E-state index in [0.29, 0.717) is 16.7 Å². The molecular formula is C17H15N3O2. The van der Waals surface area contributed by atoms with Crippen LogP contribution in [0.4, 0.5) is 0 Å². The van der Waals surface area contributed by atoms with Crippen LogP contribution in [0.1, 0.15) is 21.5 Å². The number of hydrogen-bond donors (Lipinski definition) is 2. The molecule has 22 heavy (non-hydrogen) atoms. The Kier molecular flexibility index (Phi) is 4.82. The molecule has 0 aliphatic heterocycles. The first kappa shape index (κ1) is 15.2. The second kappa shape index (κ2) is 6.99. The van der Waals surface area contributed by atoms with Crippen LogP contribution in [0.25, 0.3) is 6.08 Å². The molecule has 2 aromatic rings. The predicted molar refractivity (Wildman–Crippen MR) is 86.2 cm³/mol. The van der Waals surface area contributed by atoms with Crippen molar-refractivity contribution in [2.45, 2.75) is 0 Å². The minimum absolute atomic E-state index is 0.0774. The smallest absolute Gasteiger partial charge is 0.272 e. The number of ketones is 1. The minimum Gasteiger partial charge on any atom is -0.370 e. The molecule has 1 amide bonds. The Labute approximate surface area is 128 Å². The van der Waals surface area contributed by atoms with E-state index in [1.165, 1.54) is 6.08 Å². The third-order valence-corrected chi connectivity index (χ3v) is 2.84. The van der Waals surface area contributed by atoms with E-state index in [4.69, 9.17) is 11.5 Å². The lowest BCUT2D eigenvalue weighted by molar-refractivity contribution is -0.113. The fourth-order valence-corrected chi connectivity index (χ4v) is 1.87. The number of guanidine groups is 1. The van der Waals surface area contributed by atoms with E-state index >= 15 is 0 Å². The zero-order valence-electron chi connectivity index (χ0n) is 11.8. The van der Waals surface area contributed by atoms with Crippen LogP contribution in [0, 0.1) is 0 Å². The summed E-state index contributed by atoms with van der Waals surface area (Å²) in [7, 11) is 0. The van der Waals surface area contributed by atoms with Crippen molar-refractivity contribution in [2.24, 2.45) is 16.5 Å². The van der Waals surface area contributed by atoms with Crippen LogP contribution in [0.3, 0.4) is 0 Å². The summed E-state index contributed by atoms with van der Waals surface area (Å²) in [4.78, 5) is 27.1. The van der Waals surface area contributed by atoms with E-state index in [1.54, 1.807) is 42.5 Å². The van der Waals surface area contributed by atoms with Gasteiger partial charge in [0.2, 0.25) is 0 Å². The van der Waals surface area contributed by atoms with Crippen LogP contribution in [0.15, 0.2) is 65.7 Å². The van der Waals surface area contributed by atoms with Gasteiger partial charge in [-0.1, -0.05) is 48.5 Å². The third-order valence-electron chi connectivity index (χ3n) is 2.84. The van der Waals surface area contributed by atoms with Gasteiger partial charge < -0.3 is 11.5 Å². The lowest BCUT2D eigenvalue weighted by Gasteiger charge is -2.02. The number of nitrogens with zero attached hydrogens (tertiary/aromatic N) is 1. The van der Waals surface area contributed by atoms with Crippen LogP contribution in [-0.4, -0.2) is 17.6 Å². The van der Waals surface area contributed by atoms with Gasteiger partial charge in [0.15, 0.2) is 11.7 Å². The largest absolute Gasteiger partial charge is 0.370 e. The van der Waals surface area contributed by atoms with Gasteiger partial charge in [0.25, 0.3) is 5.91 Å². The maximum Gasteiger partial charge on any atom is 0.272 e. The monoisotopic (exact) mass is 293 g/mol. The molecule has 0 spiro atoms. The van der Waals surface area contributed by atoms with Gasteiger partial charge in [0, 0.05) is 17.2 Å². The molecule has 2 rings (SSSR count). The molecule has 0 aliphatic carbocycles. The third kappa shape index (κ3) is 4.14. The molecular weight excluding hydrogens is 278 g/mol. The Morgan fingerprint density at radius 3 is 2.27 bits per heavy atom. The first-order valence-electron chi connectivity index (χ1n) is 6.58. The summed E-state index contributed by atoms with van der Waals surface area (Å²) in [5.41, 5.74) is 12.1. The predicted octanol–water partition coefficient (Wildman–Crippen LogP) is 1.73. The van der Waals surface area contributed by atoms with Gasteiger partial charge in [0.1, 0.15) is 0 Å². The topological polar surface area (TPSA) is 98.5 Å². The molecule has 0 aliphatic rings. The molecule has 0 saturated heterocycles. The number of aliphatic imine (C=N–C) groups is 1. The van der Waals surface area contributed by atoms with Crippen LogP contribution in [0.5, 0.6) is 0 Å². The minimum atomic E-state index is -0.556. The van der Waals surface area contributed by atoms with Crippen molar-refractivity contribution in [3.63, 3.8) is 0 Å². The standard InChI is InChI=1S/C17H15N3O2/c18-17(19)20-15(21)10-9-12-5-4-8-14(11-12)16(22)13-6-2-1-3-7-13/h1-11H,(H4,18,19,20,21). The lowest BCUT2D eigenvalue weighted by atomic mass is 10.0. The maximum atomic E-state index is 12.3. The Morgan fingerprint density at radius 2 is 1.59 bits per heavy atom. The summed E-state index contributed by atoms with van der Waals surface area (Å²) in [5, 5.41) is 0. The van der Waals surface area contributed by atoms with E-state index in [0.717, 1.165) is 0 Å². The van der Waals surface area contributed by atoms with Gasteiger partial charge in [-0.2, -0.15) is 4.99 Å². The number of carbonyl (C=O) groups is 2. The summed E-state index contributed by atoms with van der Waals surface area (Å²) in [6, 6.07) is 15.9. The number of rotatable bonds is 4. The highest BCUT2D eigenvalue weighted by molar-refractivity contribution is 6.09. The zero-order chi connectivity index (χ0) is 15.9. The second-order valence-electron chi connectivity index (χ2n) is 4.53. The SMILES string of the molecule is NC(N)=NC(=O)C=Cc1cccc(C(=O)c2ccccc2)c1. The Morgan fingerprint density at radius 1 is 0.909 bits per heavy atom. The van der Waals surface area contributed by atoms with Gasteiger partial charge in [-0.3, -0.25) is 9.59 Å². The molecule has 0 aromatic heterocycles. The molecule has 0 bridgehead atoms. The van der Waals surface area contributed by atoms with E-state index in [-0.39, 0.29) is 11.7 Å². The normalized spacial score (nSPS) is 10.4. The van der Waals surface area contributed by atoms with E-state index in [9.17, 15) is 9.59 Å². The molecule has 110 valence electrons. The fraction of sp³-hybridized carbons (Fsp3) is 0. The van der Waals surface area contributed by atoms with Crippen molar-refractivity contribution in [1.29, 1.82) is 0 Å². The quantitative estimate of drug-likeness (QED) is 0.388. The highest BCUT2D eigenvalue weighted by Gasteiger charge is 2.08. The Bertz CT molecular complexity index is 746. The fourth-order valence-electron chi connectivity index (χ4n) is 1.87. The highest BCUT2D eigenvalue weighted by atomic mass is 16.1. The first-order valence-corrected chi connectivity index (χ1v) is 6.58. The molecule has 0 fully saturated rings. The molecule has 5 nitrogen and oxygen atoms in total. The van der Waals surface area contributed by atoms with Crippen molar-refractivity contribution in [3.8, 4) is 0 Å². The average molecular weight is 293 g/mol. The first-order chi connectivity index (χ1) is 10.6. The lowest BCUT2D eigenvalue weighted by Crippen LogP contribution is -2.23. The number of carbonyl (C=O) groups excluding carboxylic acids is 2. The highest BCUT2D eigenvalue weighted by Crippen LogP contribution is 2.12. The molecule has 0 heterocycles. The second-order valence-corrected chi connectivity index (χ2v) is 4.53. The van der Waals surface area contributed by atoms with Gasteiger partial charge in [0.05, 0.1) is 0 Å². The zero-order valence-corrected chi connectivity index (χ0v) is 11.8. The molecule has 0 atom stereocenters. The van der Waals surface area contributed by atoms with E-state index in [1.807, 2.05) is 18.2 Å². The average Bonchev–Trinajstić information content (AvgIpc) is 2.53. The van der Waals surface area contributed by atoms with Crippen molar-refractivity contribution in [2.75, 3.05) is 0 Å². The van der Waals surface area contributed by atoms with E-state index < -0.39 is 5.91 Å². The number of benzene rings is 2. The Hall–Kier alpha value is -3.21. The molecule has 2 aromatic carbocycles. The maximum absolute atomic E-state index is 12.3. The summed E-state index contributed by atoms with van der Waals surface area (Å²) < 4.78 is 0. The summed E-state index contributed by atoms with van der Waals surface area (Å²) >= 11 is 0.